The molecule has 0 saturated carbocycles. The zero-order valence-electron chi connectivity index (χ0n) is 13.3. The van der Waals surface area contributed by atoms with E-state index in [9.17, 15) is 0 Å². The second-order valence-electron chi connectivity index (χ2n) is 6.62. The zero-order valence-corrected chi connectivity index (χ0v) is 17.7. The molecule has 0 aliphatic carbocycles. The molecule has 0 N–H and O–H groups in total. The summed E-state index contributed by atoms with van der Waals surface area (Å²) >= 11 is 0.0699. The molecule has 0 unspecified atom stereocenters. The van der Waals surface area contributed by atoms with Gasteiger partial charge in [0.15, 0.2) is 0 Å². The standard InChI is InChI=1S/C16H24N2Si2Te/c1-19(2,13-15-9-5-7-11-17-15)21-20(3,4)14-16-10-6-8-12-18-16/h5-12H,13-14H2,1-4H3. The first-order valence-electron chi connectivity index (χ1n) is 7.36. The first kappa shape index (κ1) is 16.9. The molecule has 0 spiro atoms. The molecule has 21 heavy (non-hydrogen) atoms. The van der Waals surface area contributed by atoms with E-state index < -0.39 is 11.2 Å². The number of hydrogen-bond donors (Lipinski definition) is 0. The summed E-state index contributed by atoms with van der Waals surface area (Å²) in [4.78, 5) is 9.07. The number of aromatic nitrogens is 2. The summed E-state index contributed by atoms with van der Waals surface area (Å²) in [6.07, 6.45) is 3.85. The van der Waals surface area contributed by atoms with Crippen molar-refractivity contribution < 1.29 is 0 Å². The van der Waals surface area contributed by atoms with Crippen molar-refractivity contribution in [1.82, 2.24) is 9.97 Å². The van der Waals surface area contributed by atoms with Gasteiger partial charge in [0.2, 0.25) is 0 Å². The van der Waals surface area contributed by atoms with Gasteiger partial charge < -0.3 is 0 Å². The molecule has 2 aromatic rings. The van der Waals surface area contributed by atoms with E-state index in [1.807, 2.05) is 24.5 Å². The third kappa shape index (κ3) is 6.03. The van der Waals surface area contributed by atoms with Gasteiger partial charge in [0.25, 0.3) is 0 Å². The van der Waals surface area contributed by atoms with Crippen LogP contribution in [0.25, 0.3) is 0 Å². The van der Waals surface area contributed by atoms with Crippen LogP contribution in [0, 0.1) is 0 Å². The van der Waals surface area contributed by atoms with Crippen LogP contribution in [0.15, 0.2) is 48.8 Å². The van der Waals surface area contributed by atoms with Crippen LogP contribution in [0.4, 0.5) is 0 Å². The van der Waals surface area contributed by atoms with Gasteiger partial charge in [0.1, 0.15) is 0 Å². The van der Waals surface area contributed by atoms with E-state index in [0.717, 1.165) is 0 Å². The molecule has 0 atom stereocenters. The van der Waals surface area contributed by atoms with Crippen LogP contribution in [0.1, 0.15) is 11.4 Å². The van der Waals surface area contributed by atoms with E-state index in [1.165, 1.54) is 23.5 Å². The molecular formula is C16H24N2Si2Te. The molecule has 0 amide bonds. The van der Waals surface area contributed by atoms with Gasteiger partial charge in [0.05, 0.1) is 0 Å². The Morgan fingerprint density at radius 1 is 0.762 bits per heavy atom. The van der Waals surface area contributed by atoms with E-state index in [2.05, 4.69) is 60.4 Å². The Balaban J connectivity index is 2.01. The minimum atomic E-state index is -1.13. The molecule has 2 heterocycles. The second kappa shape index (κ2) is 7.19. The monoisotopic (exact) mass is 430 g/mol. The van der Waals surface area contributed by atoms with Crippen LogP contribution in [0.2, 0.25) is 26.2 Å². The Kier molecular flexibility index (Phi) is 5.78. The van der Waals surface area contributed by atoms with Crippen molar-refractivity contribution >= 4 is 30.6 Å². The van der Waals surface area contributed by atoms with Gasteiger partial charge in [-0.25, -0.2) is 0 Å². The van der Waals surface area contributed by atoms with E-state index >= 15 is 0 Å². The fourth-order valence-corrected chi connectivity index (χ4v) is 56.1. The Hall–Kier alpha value is -0.477. The van der Waals surface area contributed by atoms with Crippen LogP contribution in [0.3, 0.4) is 0 Å². The van der Waals surface area contributed by atoms with Gasteiger partial charge in [-0.1, -0.05) is 0 Å². The van der Waals surface area contributed by atoms with E-state index in [0.29, 0.717) is 0 Å². The van der Waals surface area contributed by atoms with Gasteiger partial charge in [-0.3, -0.25) is 0 Å². The van der Waals surface area contributed by atoms with Crippen LogP contribution in [0.5, 0.6) is 0 Å². The second-order valence-corrected chi connectivity index (χ2v) is 39.3. The predicted molar refractivity (Wildman–Crippen MR) is 96.6 cm³/mol. The van der Waals surface area contributed by atoms with E-state index in [1.54, 1.807) is 0 Å². The molecule has 0 aromatic carbocycles. The van der Waals surface area contributed by atoms with Crippen molar-refractivity contribution in [3.63, 3.8) is 0 Å². The van der Waals surface area contributed by atoms with Gasteiger partial charge in [-0.05, 0) is 0 Å². The molecule has 0 aliphatic rings. The summed E-state index contributed by atoms with van der Waals surface area (Å²) in [5.41, 5.74) is 0.323. The summed E-state index contributed by atoms with van der Waals surface area (Å²) in [5.74, 6) is 0. The Labute approximate surface area is 138 Å². The summed E-state index contributed by atoms with van der Waals surface area (Å²) in [7, 11) is 0. The van der Waals surface area contributed by atoms with Crippen molar-refractivity contribution in [2.75, 3.05) is 0 Å². The topological polar surface area (TPSA) is 25.8 Å². The molecular weight excluding hydrogens is 404 g/mol. The van der Waals surface area contributed by atoms with Crippen molar-refractivity contribution in [1.29, 1.82) is 0 Å². The third-order valence-corrected chi connectivity index (χ3v) is 40.9. The number of hydrogen-bond acceptors (Lipinski definition) is 2. The average Bonchev–Trinajstić information content (AvgIpc) is 2.38. The normalized spacial score (nSPS) is 12.4. The maximum absolute atomic E-state index is 4.54. The summed E-state index contributed by atoms with van der Waals surface area (Å²) in [6, 6.07) is 15.1. The maximum atomic E-state index is 4.54. The summed E-state index contributed by atoms with van der Waals surface area (Å²) in [5, 5.41) is 0. The van der Waals surface area contributed by atoms with Gasteiger partial charge >= 0.3 is 139 Å². The first-order valence-corrected chi connectivity index (χ1v) is 20.6. The molecule has 2 nitrogen and oxygen atoms in total. The van der Waals surface area contributed by atoms with E-state index in [-0.39, 0.29) is 19.3 Å². The van der Waals surface area contributed by atoms with E-state index in [4.69, 9.17) is 0 Å². The SMILES string of the molecule is C[Si](C)(Cc1ccccn1)[Te][Si](C)(C)Cc1ccccn1. The van der Waals surface area contributed by atoms with Crippen LogP contribution >= 0.6 is 0 Å². The Morgan fingerprint density at radius 3 is 1.52 bits per heavy atom. The fraction of sp³-hybridized carbons (Fsp3) is 0.375. The molecule has 0 bridgehead atoms. The summed E-state index contributed by atoms with van der Waals surface area (Å²) in [6.45, 7) is 10.3. The number of pyridine rings is 2. The van der Waals surface area contributed by atoms with Gasteiger partial charge in [-0.2, -0.15) is 0 Å². The fourth-order valence-electron chi connectivity index (χ4n) is 2.70. The molecule has 112 valence electrons. The van der Waals surface area contributed by atoms with Crippen molar-refractivity contribution in [2.24, 2.45) is 0 Å². The van der Waals surface area contributed by atoms with Gasteiger partial charge in [-0.15, -0.1) is 0 Å². The molecule has 5 heteroatoms. The Bertz CT molecular complexity index is 508. The predicted octanol–water partition coefficient (Wildman–Crippen LogP) is 3.45. The third-order valence-electron chi connectivity index (χ3n) is 3.22. The average molecular weight is 428 g/mol. The molecule has 2 aromatic heterocycles. The van der Waals surface area contributed by atoms with Crippen LogP contribution in [-0.2, 0) is 12.1 Å². The van der Waals surface area contributed by atoms with Gasteiger partial charge in [0, 0.05) is 0 Å². The van der Waals surface area contributed by atoms with Crippen LogP contribution in [-0.4, -0.2) is 40.6 Å². The molecule has 0 radical (unpaired) electrons. The molecule has 0 aliphatic heterocycles. The van der Waals surface area contributed by atoms with Crippen molar-refractivity contribution in [3.8, 4) is 0 Å². The van der Waals surface area contributed by atoms with Crippen molar-refractivity contribution in [2.45, 2.75) is 38.3 Å². The Morgan fingerprint density at radius 2 is 1.19 bits per heavy atom. The number of nitrogens with zero attached hydrogens (tertiary/aromatic N) is 2. The quantitative estimate of drug-likeness (QED) is 0.659. The molecule has 2 rings (SSSR count). The zero-order chi connectivity index (χ0) is 15.3. The summed E-state index contributed by atoms with van der Waals surface area (Å²) < 4.78 is 0. The van der Waals surface area contributed by atoms with Crippen molar-refractivity contribution in [3.05, 3.63) is 60.2 Å². The molecule has 0 saturated heterocycles. The first-order chi connectivity index (χ1) is 9.86. The minimum absolute atomic E-state index is 0.0699. The molecule has 0 fully saturated rings. The van der Waals surface area contributed by atoms with Crippen LogP contribution < -0.4 is 0 Å². The number of rotatable bonds is 6.